The highest BCUT2D eigenvalue weighted by Gasteiger charge is 2.34. The van der Waals surface area contributed by atoms with Crippen LogP contribution < -0.4 is 14.8 Å². The van der Waals surface area contributed by atoms with Gasteiger partial charge in [0.15, 0.2) is 0 Å². The van der Waals surface area contributed by atoms with Gasteiger partial charge in [-0.2, -0.15) is 0 Å². The zero-order chi connectivity index (χ0) is 27.8. The number of nitrogens with zero attached hydrogens (tertiary/aromatic N) is 4. The van der Waals surface area contributed by atoms with E-state index in [-0.39, 0.29) is 42.5 Å². The summed E-state index contributed by atoms with van der Waals surface area (Å²) in [5.74, 6) is 6.38. The number of hydrogen-bond acceptors (Lipinski definition) is 7. The first-order chi connectivity index (χ1) is 18.1. The average molecular weight is 524 g/mol. The van der Waals surface area contributed by atoms with Crippen LogP contribution in [0.25, 0.3) is 0 Å². The number of carbonyl (C=O) groups excluding carboxylic acids is 2. The number of hydrogen-bond donors (Lipinski definition) is 2. The molecule has 0 spiro atoms. The average Bonchev–Trinajstić information content (AvgIpc) is 2.90. The number of aliphatic hydroxyl groups is 1. The minimum atomic E-state index is -0.471. The van der Waals surface area contributed by atoms with Crippen molar-refractivity contribution in [2.75, 3.05) is 59.8 Å². The second-order valence-electron chi connectivity index (χ2n) is 9.75. The van der Waals surface area contributed by atoms with Gasteiger partial charge in [-0.3, -0.25) is 9.69 Å². The smallest absolute Gasteiger partial charge is 0.321 e. The lowest BCUT2D eigenvalue weighted by Crippen LogP contribution is -2.50. The molecule has 0 radical (unpaired) electrons. The number of para-hydroxylation sites is 2. The molecule has 1 aromatic carbocycles. The number of benzene rings is 1. The van der Waals surface area contributed by atoms with Crippen LogP contribution in [0.3, 0.4) is 0 Å². The van der Waals surface area contributed by atoms with Crippen molar-refractivity contribution in [3.63, 3.8) is 0 Å². The van der Waals surface area contributed by atoms with Crippen LogP contribution in [0.5, 0.6) is 11.6 Å². The van der Waals surface area contributed by atoms with Crippen molar-refractivity contribution in [2.24, 2.45) is 5.92 Å². The fourth-order valence-corrected chi connectivity index (χ4v) is 4.00. The molecule has 204 valence electrons. The number of likely N-dealkylation sites (N-methyl/N-ethyl adjacent to an activating group) is 1. The van der Waals surface area contributed by atoms with Crippen molar-refractivity contribution < 1.29 is 24.2 Å². The molecule has 38 heavy (non-hydrogen) atoms. The van der Waals surface area contributed by atoms with E-state index >= 15 is 0 Å². The van der Waals surface area contributed by atoms with E-state index in [0.29, 0.717) is 30.1 Å². The highest BCUT2D eigenvalue weighted by Crippen LogP contribution is 2.28. The number of ether oxygens (including phenoxy) is 2. The van der Waals surface area contributed by atoms with Crippen LogP contribution in [-0.2, 0) is 0 Å². The topological polar surface area (TPSA) is 107 Å². The van der Waals surface area contributed by atoms with Gasteiger partial charge in [0, 0.05) is 31.3 Å². The fraction of sp³-hybridized carbons (Fsp3) is 0.464. The second kappa shape index (κ2) is 13.1. The van der Waals surface area contributed by atoms with E-state index in [4.69, 9.17) is 9.47 Å². The predicted molar refractivity (Wildman–Crippen MR) is 145 cm³/mol. The second-order valence-corrected chi connectivity index (χ2v) is 9.75. The van der Waals surface area contributed by atoms with Crippen LogP contribution in [0.2, 0.25) is 0 Å². The Kier molecular flexibility index (Phi) is 9.93. The van der Waals surface area contributed by atoms with Gasteiger partial charge in [-0.05, 0) is 39.2 Å². The van der Waals surface area contributed by atoms with E-state index in [1.165, 1.54) is 4.90 Å². The number of aromatic nitrogens is 1. The van der Waals surface area contributed by atoms with Crippen LogP contribution in [0.15, 0.2) is 36.5 Å². The largest absolute Gasteiger partial charge is 0.495 e. The highest BCUT2D eigenvalue weighted by atomic mass is 16.5. The number of carbonyl (C=O) groups is 2. The first kappa shape index (κ1) is 28.8. The standard InChI is InChI=1S/C28H37N5O5/c1-19-16-33(20(2)18-34)27(35)22-14-21(10-9-13-31(3)4)15-29-26(22)38-25(19)17-32(5)28(36)30-23-11-7-8-12-24(23)37-6/h7-8,11-12,14-15,19-20,25,34H,13,16-18H2,1-6H3,(H,30,36)/t19-,20-,25+/m0/s1. The Morgan fingerprint density at radius 1 is 1.34 bits per heavy atom. The van der Waals surface area contributed by atoms with Gasteiger partial charge in [0.05, 0.1) is 38.5 Å². The van der Waals surface area contributed by atoms with Gasteiger partial charge in [-0.15, -0.1) is 0 Å². The Labute approximate surface area is 224 Å². The molecule has 3 rings (SSSR count). The van der Waals surface area contributed by atoms with Crippen molar-refractivity contribution >= 4 is 17.6 Å². The first-order valence-electron chi connectivity index (χ1n) is 12.5. The molecule has 1 aliphatic heterocycles. The van der Waals surface area contributed by atoms with Gasteiger partial charge in [0.2, 0.25) is 5.88 Å². The summed E-state index contributed by atoms with van der Waals surface area (Å²) in [5.41, 5.74) is 1.43. The third kappa shape index (κ3) is 7.15. The molecular weight excluding hydrogens is 486 g/mol. The number of amides is 3. The maximum Gasteiger partial charge on any atom is 0.321 e. The number of nitrogens with one attached hydrogen (secondary N) is 1. The summed E-state index contributed by atoms with van der Waals surface area (Å²) >= 11 is 0. The maximum absolute atomic E-state index is 13.5. The highest BCUT2D eigenvalue weighted by molar-refractivity contribution is 5.97. The molecular formula is C28H37N5O5. The normalized spacial score (nSPS) is 17.8. The summed E-state index contributed by atoms with van der Waals surface area (Å²) in [6, 6.07) is 8.11. The Balaban J connectivity index is 1.87. The predicted octanol–water partition coefficient (Wildman–Crippen LogP) is 2.39. The minimum absolute atomic E-state index is 0.163. The molecule has 0 saturated heterocycles. The summed E-state index contributed by atoms with van der Waals surface area (Å²) in [5, 5.41) is 12.7. The van der Waals surface area contributed by atoms with Gasteiger partial charge < -0.3 is 29.7 Å². The molecule has 10 heteroatoms. The van der Waals surface area contributed by atoms with E-state index in [2.05, 4.69) is 22.1 Å². The van der Waals surface area contributed by atoms with Crippen molar-refractivity contribution in [3.8, 4) is 23.5 Å². The van der Waals surface area contributed by atoms with Crippen molar-refractivity contribution in [1.82, 2.24) is 19.7 Å². The first-order valence-corrected chi connectivity index (χ1v) is 12.5. The van der Waals surface area contributed by atoms with Crippen LogP contribution in [0.1, 0.15) is 29.8 Å². The monoisotopic (exact) mass is 523 g/mol. The molecule has 3 amide bonds. The van der Waals surface area contributed by atoms with Crippen molar-refractivity contribution in [3.05, 3.63) is 47.7 Å². The lowest BCUT2D eigenvalue weighted by Gasteiger charge is -2.37. The number of urea groups is 1. The van der Waals surface area contributed by atoms with E-state index in [1.54, 1.807) is 50.4 Å². The van der Waals surface area contributed by atoms with Crippen molar-refractivity contribution in [2.45, 2.75) is 26.0 Å². The third-order valence-corrected chi connectivity index (χ3v) is 6.30. The SMILES string of the molecule is COc1ccccc1NC(=O)N(C)C[C@H]1Oc2ncc(C#CCN(C)C)cc2C(=O)N([C@@H](C)CO)C[C@@H]1C. The molecule has 1 aromatic heterocycles. The molecule has 0 unspecified atom stereocenters. The fourth-order valence-electron chi connectivity index (χ4n) is 4.00. The van der Waals surface area contributed by atoms with Gasteiger partial charge >= 0.3 is 6.03 Å². The molecule has 0 aliphatic carbocycles. The summed E-state index contributed by atoms with van der Waals surface area (Å²) < 4.78 is 11.6. The molecule has 2 heterocycles. The number of fused-ring (bicyclic) bond motifs is 1. The Bertz CT molecular complexity index is 1190. The van der Waals surface area contributed by atoms with Gasteiger partial charge in [-0.25, -0.2) is 9.78 Å². The Morgan fingerprint density at radius 3 is 2.76 bits per heavy atom. The van der Waals surface area contributed by atoms with E-state index < -0.39 is 12.1 Å². The van der Waals surface area contributed by atoms with Gasteiger partial charge in [-0.1, -0.05) is 30.9 Å². The zero-order valence-electron chi connectivity index (χ0n) is 22.9. The van der Waals surface area contributed by atoms with Crippen LogP contribution >= 0.6 is 0 Å². The Morgan fingerprint density at radius 2 is 2.08 bits per heavy atom. The minimum Gasteiger partial charge on any atom is -0.495 e. The number of aliphatic hydroxyl groups excluding tert-OH is 1. The molecule has 0 bridgehead atoms. The molecule has 10 nitrogen and oxygen atoms in total. The van der Waals surface area contributed by atoms with E-state index in [1.807, 2.05) is 38.1 Å². The van der Waals surface area contributed by atoms with Gasteiger partial charge in [0.1, 0.15) is 17.4 Å². The molecule has 1 aliphatic rings. The summed E-state index contributed by atoms with van der Waals surface area (Å²) in [6.45, 7) is 4.70. The zero-order valence-corrected chi connectivity index (χ0v) is 22.9. The van der Waals surface area contributed by atoms with Crippen LogP contribution in [0.4, 0.5) is 10.5 Å². The number of methoxy groups -OCH3 is 1. The summed E-state index contributed by atoms with van der Waals surface area (Å²) in [4.78, 5) is 36.1. The molecule has 0 fully saturated rings. The lowest BCUT2D eigenvalue weighted by atomic mass is 10.00. The Hall–Kier alpha value is -3.81. The van der Waals surface area contributed by atoms with E-state index in [9.17, 15) is 14.7 Å². The maximum atomic E-state index is 13.5. The van der Waals surface area contributed by atoms with E-state index in [0.717, 1.165) is 0 Å². The third-order valence-electron chi connectivity index (χ3n) is 6.30. The molecule has 0 saturated carbocycles. The number of anilines is 1. The van der Waals surface area contributed by atoms with Crippen LogP contribution in [-0.4, -0.2) is 103 Å². The molecule has 2 N–H and O–H groups in total. The van der Waals surface area contributed by atoms with Crippen LogP contribution in [0, 0.1) is 17.8 Å². The van der Waals surface area contributed by atoms with Gasteiger partial charge in [0.25, 0.3) is 5.91 Å². The number of rotatable bonds is 7. The summed E-state index contributed by atoms with van der Waals surface area (Å²) in [6.07, 6.45) is 1.11. The summed E-state index contributed by atoms with van der Waals surface area (Å²) in [7, 11) is 7.07. The number of pyridine rings is 1. The molecule has 2 aromatic rings. The van der Waals surface area contributed by atoms with Crippen molar-refractivity contribution in [1.29, 1.82) is 0 Å². The lowest BCUT2D eigenvalue weighted by molar-refractivity contribution is 0.0356. The quantitative estimate of drug-likeness (QED) is 0.537. The molecule has 3 atom stereocenters.